The topological polar surface area (TPSA) is 72.9 Å². The summed E-state index contributed by atoms with van der Waals surface area (Å²) in [5.74, 6) is 0.408. The molecule has 0 radical (unpaired) electrons. The van der Waals surface area contributed by atoms with Crippen LogP contribution in [0.25, 0.3) is 5.69 Å². The van der Waals surface area contributed by atoms with Crippen LogP contribution in [0.2, 0.25) is 0 Å². The molecule has 0 unspecified atom stereocenters. The third kappa shape index (κ3) is 4.75. The average molecular weight is 358 g/mol. The number of benzene rings is 1. The van der Waals surface area contributed by atoms with Crippen LogP contribution in [-0.4, -0.2) is 33.7 Å². The summed E-state index contributed by atoms with van der Waals surface area (Å²) >= 11 is 1.59. The van der Waals surface area contributed by atoms with Crippen molar-refractivity contribution in [3.8, 4) is 5.69 Å². The van der Waals surface area contributed by atoms with E-state index in [1.165, 1.54) is 29.2 Å². The molecule has 1 aromatic carbocycles. The van der Waals surface area contributed by atoms with E-state index in [0.29, 0.717) is 12.1 Å². The molecule has 0 spiro atoms. The van der Waals surface area contributed by atoms with Gasteiger partial charge in [0, 0.05) is 0 Å². The molecule has 0 aliphatic heterocycles. The fourth-order valence-corrected chi connectivity index (χ4v) is 2.45. The van der Waals surface area contributed by atoms with E-state index in [1.807, 2.05) is 6.26 Å². The molecule has 1 atom stereocenters. The summed E-state index contributed by atoms with van der Waals surface area (Å²) < 4.78 is 39.5. The standard InChI is InChI=1S/C15H17F3N4OS/c1-24-6-5-13(19)14(23)21-11-8-20-22(9-11)12-4-2-3-10(7-12)15(16,17)18/h2-4,7-9,13H,5-6,19H2,1H3,(H,21,23)/t13-/m0/s1. The van der Waals surface area contributed by atoms with Crippen LogP contribution in [0, 0.1) is 0 Å². The minimum absolute atomic E-state index is 0.247. The number of carbonyl (C=O) groups excluding carboxylic acids is 1. The highest BCUT2D eigenvalue weighted by Gasteiger charge is 2.30. The molecular weight excluding hydrogens is 341 g/mol. The Morgan fingerprint density at radius 2 is 2.21 bits per heavy atom. The normalized spacial score (nSPS) is 12.9. The van der Waals surface area contributed by atoms with Crippen LogP contribution < -0.4 is 11.1 Å². The number of amides is 1. The highest BCUT2D eigenvalue weighted by Crippen LogP contribution is 2.30. The Labute approximate surface area is 141 Å². The summed E-state index contributed by atoms with van der Waals surface area (Å²) in [4.78, 5) is 11.9. The zero-order chi connectivity index (χ0) is 17.7. The molecule has 2 rings (SSSR count). The minimum atomic E-state index is -4.43. The predicted molar refractivity (Wildman–Crippen MR) is 88.2 cm³/mol. The van der Waals surface area contributed by atoms with Gasteiger partial charge in [-0.25, -0.2) is 4.68 Å². The lowest BCUT2D eigenvalue weighted by Gasteiger charge is -2.10. The molecule has 9 heteroatoms. The number of alkyl halides is 3. The largest absolute Gasteiger partial charge is 0.416 e. The van der Waals surface area contributed by atoms with Crippen LogP contribution in [0.3, 0.4) is 0 Å². The quantitative estimate of drug-likeness (QED) is 0.833. The molecule has 0 aliphatic rings. The zero-order valence-corrected chi connectivity index (χ0v) is 13.7. The second kappa shape index (κ2) is 7.71. The summed E-state index contributed by atoms with van der Waals surface area (Å²) in [5.41, 5.74) is 5.61. The number of aromatic nitrogens is 2. The molecule has 0 fully saturated rings. The van der Waals surface area contributed by atoms with Crippen molar-refractivity contribution in [1.29, 1.82) is 0 Å². The summed E-state index contributed by atoms with van der Waals surface area (Å²) in [7, 11) is 0. The van der Waals surface area contributed by atoms with Gasteiger partial charge in [-0.15, -0.1) is 0 Å². The first-order chi connectivity index (χ1) is 11.3. The molecule has 130 valence electrons. The SMILES string of the molecule is CSCC[C@H](N)C(=O)Nc1cnn(-c2cccc(C(F)(F)F)c2)c1. The molecule has 0 aliphatic carbocycles. The molecule has 1 amide bonds. The summed E-state index contributed by atoms with van der Waals surface area (Å²) in [6.45, 7) is 0. The van der Waals surface area contributed by atoms with Gasteiger partial charge >= 0.3 is 6.18 Å². The van der Waals surface area contributed by atoms with Crippen LogP contribution in [0.5, 0.6) is 0 Å². The smallest absolute Gasteiger partial charge is 0.322 e. The summed E-state index contributed by atoms with van der Waals surface area (Å²) in [6, 6.07) is 4.13. The van der Waals surface area contributed by atoms with E-state index in [9.17, 15) is 18.0 Å². The van der Waals surface area contributed by atoms with Gasteiger partial charge in [0.05, 0.1) is 35.4 Å². The molecule has 5 nitrogen and oxygen atoms in total. The second-order valence-corrected chi connectivity index (χ2v) is 6.08. The van der Waals surface area contributed by atoms with E-state index in [1.54, 1.807) is 11.8 Å². The number of nitrogens with two attached hydrogens (primary N) is 1. The molecule has 0 bridgehead atoms. The number of hydrogen-bond acceptors (Lipinski definition) is 4. The Hall–Kier alpha value is -2.00. The number of anilines is 1. The van der Waals surface area contributed by atoms with E-state index < -0.39 is 17.8 Å². The van der Waals surface area contributed by atoms with Gasteiger partial charge in [0.25, 0.3) is 0 Å². The van der Waals surface area contributed by atoms with Gasteiger partial charge in [0.1, 0.15) is 0 Å². The molecular formula is C15H17F3N4OS. The third-order valence-corrected chi connectivity index (χ3v) is 3.90. The van der Waals surface area contributed by atoms with Crippen molar-refractivity contribution in [3.05, 3.63) is 42.2 Å². The number of thioether (sulfide) groups is 1. The first-order valence-corrected chi connectivity index (χ1v) is 8.48. The lowest BCUT2D eigenvalue weighted by Crippen LogP contribution is -2.35. The Morgan fingerprint density at radius 1 is 1.46 bits per heavy atom. The lowest BCUT2D eigenvalue weighted by atomic mass is 10.2. The van der Waals surface area contributed by atoms with Crippen molar-refractivity contribution < 1.29 is 18.0 Å². The summed E-state index contributed by atoms with van der Waals surface area (Å²) in [6.07, 6.45) is 0.830. The van der Waals surface area contributed by atoms with Crippen molar-refractivity contribution >= 4 is 23.4 Å². The fraction of sp³-hybridized carbons (Fsp3) is 0.333. The van der Waals surface area contributed by atoms with E-state index in [4.69, 9.17) is 5.73 Å². The van der Waals surface area contributed by atoms with Gasteiger partial charge in [0.15, 0.2) is 0 Å². The maximum Gasteiger partial charge on any atom is 0.416 e. The lowest BCUT2D eigenvalue weighted by molar-refractivity contribution is -0.137. The van der Waals surface area contributed by atoms with Crippen LogP contribution in [0.1, 0.15) is 12.0 Å². The van der Waals surface area contributed by atoms with Gasteiger partial charge in [-0.05, 0) is 36.6 Å². The van der Waals surface area contributed by atoms with E-state index in [0.717, 1.165) is 17.9 Å². The average Bonchev–Trinajstić information content (AvgIpc) is 3.00. The monoisotopic (exact) mass is 358 g/mol. The van der Waals surface area contributed by atoms with Crippen molar-refractivity contribution in [2.24, 2.45) is 5.73 Å². The highest BCUT2D eigenvalue weighted by atomic mass is 32.2. The fourth-order valence-electron chi connectivity index (χ4n) is 1.96. The van der Waals surface area contributed by atoms with Crippen LogP contribution in [0.15, 0.2) is 36.7 Å². The van der Waals surface area contributed by atoms with Gasteiger partial charge in [-0.1, -0.05) is 6.07 Å². The number of hydrogen-bond donors (Lipinski definition) is 2. The van der Waals surface area contributed by atoms with Crippen molar-refractivity contribution in [2.75, 3.05) is 17.3 Å². The van der Waals surface area contributed by atoms with Crippen LogP contribution in [0.4, 0.5) is 18.9 Å². The molecule has 1 heterocycles. The van der Waals surface area contributed by atoms with E-state index >= 15 is 0 Å². The Bertz CT molecular complexity index is 702. The highest BCUT2D eigenvalue weighted by molar-refractivity contribution is 7.98. The Kier molecular flexibility index (Phi) is 5.89. The second-order valence-electron chi connectivity index (χ2n) is 5.10. The summed E-state index contributed by atoms with van der Waals surface area (Å²) in [5, 5.41) is 6.58. The maximum atomic E-state index is 12.7. The van der Waals surface area contributed by atoms with E-state index in [2.05, 4.69) is 10.4 Å². The Morgan fingerprint density at radius 3 is 2.88 bits per heavy atom. The van der Waals surface area contributed by atoms with Gasteiger partial charge < -0.3 is 11.1 Å². The molecule has 1 aromatic heterocycles. The molecule has 0 saturated carbocycles. The van der Waals surface area contributed by atoms with Crippen LogP contribution in [-0.2, 0) is 11.0 Å². The maximum absolute atomic E-state index is 12.7. The number of nitrogens with zero attached hydrogens (tertiary/aromatic N) is 2. The number of rotatable bonds is 6. The van der Waals surface area contributed by atoms with Crippen molar-refractivity contribution in [1.82, 2.24) is 9.78 Å². The molecule has 2 aromatic rings. The minimum Gasteiger partial charge on any atom is -0.322 e. The number of halogens is 3. The zero-order valence-electron chi connectivity index (χ0n) is 12.9. The van der Waals surface area contributed by atoms with Gasteiger partial charge in [-0.2, -0.15) is 30.0 Å². The Balaban J connectivity index is 2.10. The molecule has 3 N–H and O–H groups in total. The van der Waals surface area contributed by atoms with Crippen molar-refractivity contribution in [2.45, 2.75) is 18.6 Å². The van der Waals surface area contributed by atoms with E-state index in [-0.39, 0.29) is 11.6 Å². The molecule has 24 heavy (non-hydrogen) atoms. The first-order valence-electron chi connectivity index (χ1n) is 7.09. The van der Waals surface area contributed by atoms with Crippen LogP contribution >= 0.6 is 11.8 Å². The van der Waals surface area contributed by atoms with Crippen molar-refractivity contribution in [3.63, 3.8) is 0 Å². The third-order valence-electron chi connectivity index (χ3n) is 3.26. The number of carbonyl (C=O) groups is 1. The predicted octanol–water partition coefficient (Wildman–Crippen LogP) is 2.91. The number of nitrogens with one attached hydrogen (secondary N) is 1. The van der Waals surface area contributed by atoms with Gasteiger partial charge in [-0.3, -0.25) is 4.79 Å². The first kappa shape index (κ1) is 18.3. The molecule has 0 saturated heterocycles. The van der Waals surface area contributed by atoms with Gasteiger partial charge in [0.2, 0.25) is 5.91 Å².